The van der Waals surface area contributed by atoms with Gasteiger partial charge in [0.05, 0.1) is 0 Å². The van der Waals surface area contributed by atoms with E-state index in [9.17, 15) is 0 Å². The van der Waals surface area contributed by atoms with Crippen LogP contribution in [0.1, 0.15) is 60.9 Å². The second kappa shape index (κ2) is 6.28. The third kappa shape index (κ3) is 3.24. The molecule has 2 nitrogen and oxygen atoms in total. The fourth-order valence-corrected chi connectivity index (χ4v) is 3.88. The van der Waals surface area contributed by atoms with Crippen LogP contribution in [0.15, 0.2) is 12.1 Å². The summed E-state index contributed by atoms with van der Waals surface area (Å²) >= 11 is 0. The molecule has 1 aliphatic carbocycles. The highest BCUT2D eigenvalue weighted by Gasteiger charge is 2.26. The third-order valence-corrected chi connectivity index (χ3v) is 5.08. The molecule has 0 aromatic heterocycles. The lowest BCUT2D eigenvalue weighted by atomic mass is 9.88. The summed E-state index contributed by atoms with van der Waals surface area (Å²) in [7, 11) is 2.28. The lowest BCUT2D eigenvalue weighted by Gasteiger charge is -2.38. The van der Waals surface area contributed by atoms with E-state index in [1.54, 1.807) is 0 Å². The van der Waals surface area contributed by atoms with Gasteiger partial charge >= 0.3 is 0 Å². The summed E-state index contributed by atoms with van der Waals surface area (Å²) in [6.07, 6.45) is 4.83. The smallest absolute Gasteiger partial charge is 0.0325 e. The van der Waals surface area contributed by atoms with Crippen LogP contribution >= 0.6 is 0 Å². The molecular weight excluding hydrogens is 244 g/mol. The summed E-state index contributed by atoms with van der Waals surface area (Å²) in [5, 5.41) is 0. The van der Waals surface area contributed by atoms with Gasteiger partial charge in [-0.25, -0.2) is 0 Å². The Balaban J connectivity index is 2.16. The summed E-state index contributed by atoms with van der Waals surface area (Å²) in [5.74, 6) is 0. The van der Waals surface area contributed by atoms with Gasteiger partial charge in [0.25, 0.3) is 0 Å². The Morgan fingerprint density at radius 1 is 1.05 bits per heavy atom. The quantitative estimate of drug-likeness (QED) is 0.906. The van der Waals surface area contributed by atoms with Crippen molar-refractivity contribution in [3.8, 4) is 0 Å². The third-order valence-electron chi connectivity index (χ3n) is 5.08. The number of hydrogen-bond acceptors (Lipinski definition) is 2. The number of aryl methyl sites for hydroxylation is 3. The Morgan fingerprint density at radius 2 is 1.55 bits per heavy atom. The molecule has 0 amide bonds. The zero-order chi connectivity index (χ0) is 14.9. The van der Waals surface area contributed by atoms with Gasteiger partial charge in [-0.15, -0.1) is 0 Å². The fraction of sp³-hybridized carbons (Fsp3) is 0.667. The highest BCUT2D eigenvalue weighted by molar-refractivity contribution is 5.39. The van der Waals surface area contributed by atoms with Crippen LogP contribution in [0.25, 0.3) is 0 Å². The van der Waals surface area contributed by atoms with E-state index >= 15 is 0 Å². The Labute approximate surface area is 124 Å². The van der Waals surface area contributed by atoms with Crippen LogP contribution in [0.2, 0.25) is 0 Å². The Hall–Kier alpha value is -0.860. The van der Waals surface area contributed by atoms with Crippen molar-refractivity contribution in [1.29, 1.82) is 0 Å². The minimum Gasteiger partial charge on any atom is -0.328 e. The van der Waals surface area contributed by atoms with Crippen molar-refractivity contribution in [2.75, 3.05) is 7.05 Å². The predicted molar refractivity (Wildman–Crippen MR) is 87.1 cm³/mol. The molecular formula is C18H30N2. The van der Waals surface area contributed by atoms with Crippen molar-refractivity contribution in [3.63, 3.8) is 0 Å². The first kappa shape index (κ1) is 15.5. The van der Waals surface area contributed by atoms with Crippen LogP contribution in [0.3, 0.4) is 0 Å². The monoisotopic (exact) mass is 274 g/mol. The van der Waals surface area contributed by atoms with Crippen LogP contribution in [-0.4, -0.2) is 24.0 Å². The van der Waals surface area contributed by atoms with Gasteiger partial charge in [0.2, 0.25) is 0 Å². The van der Waals surface area contributed by atoms with E-state index in [-0.39, 0.29) is 0 Å². The Kier molecular flexibility index (Phi) is 4.87. The summed E-state index contributed by atoms with van der Waals surface area (Å²) in [6, 6.07) is 6.21. The molecule has 1 aliphatic rings. The number of benzene rings is 1. The summed E-state index contributed by atoms with van der Waals surface area (Å²) in [4.78, 5) is 2.57. The van der Waals surface area contributed by atoms with Gasteiger partial charge < -0.3 is 5.73 Å². The molecule has 2 N–H and O–H groups in total. The molecule has 0 spiro atoms. The standard InChI is InChI=1S/C18H30N2/c1-12-10-13(2)18(14(3)11-12)15(4)20(5)17-8-6-16(19)7-9-17/h10-11,15-17H,6-9,19H2,1-5H3. The highest BCUT2D eigenvalue weighted by atomic mass is 15.2. The van der Waals surface area contributed by atoms with Crippen molar-refractivity contribution in [3.05, 3.63) is 34.4 Å². The van der Waals surface area contributed by atoms with E-state index in [1.165, 1.54) is 47.9 Å². The maximum atomic E-state index is 6.03. The van der Waals surface area contributed by atoms with Gasteiger partial charge in [0, 0.05) is 18.1 Å². The second-order valence-corrected chi connectivity index (χ2v) is 6.72. The van der Waals surface area contributed by atoms with E-state index < -0.39 is 0 Å². The van der Waals surface area contributed by atoms with Gasteiger partial charge in [-0.3, -0.25) is 4.90 Å². The van der Waals surface area contributed by atoms with E-state index in [4.69, 9.17) is 5.73 Å². The van der Waals surface area contributed by atoms with Crippen molar-refractivity contribution in [2.24, 2.45) is 5.73 Å². The van der Waals surface area contributed by atoms with Crippen LogP contribution in [-0.2, 0) is 0 Å². The number of nitrogens with two attached hydrogens (primary N) is 1. The first-order chi connectivity index (χ1) is 9.40. The lowest BCUT2D eigenvalue weighted by molar-refractivity contribution is 0.140. The van der Waals surface area contributed by atoms with Gasteiger partial charge in [0.15, 0.2) is 0 Å². The molecule has 2 rings (SSSR count). The summed E-state index contributed by atoms with van der Waals surface area (Å²) < 4.78 is 0. The molecule has 0 radical (unpaired) electrons. The molecule has 0 saturated heterocycles. The van der Waals surface area contributed by atoms with Crippen molar-refractivity contribution < 1.29 is 0 Å². The minimum absolute atomic E-state index is 0.429. The molecule has 1 aromatic rings. The van der Waals surface area contributed by atoms with Gasteiger partial charge in [-0.1, -0.05) is 17.7 Å². The maximum Gasteiger partial charge on any atom is 0.0325 e. The number of rotatable bonds is 3. The molecule has 1 unspecified atom stereocenters. The number of hydrogen-bond donors (Lipinski definition) is 1. The number of nitrogens with zero attached hydrogens (tertiary/aromatic N) is 1. The maximum absolute atomic E-state index is 6.03. The summed E-state index contributed by atoms with van der Waals surface area (Å²) in [6.45, 7) is 9.02. The molecule has 1 aromatic carbocycles. The highest BCUT2D eigenvalue weighted by Crippen LogP contribution is 2.32. The van der Waals surface area contributed by atoms with Crippen LogP contribution in [0.5, 0.6) is 0 Å². The van der Waals surface area contributed by atoms with Crippen LogP contribution in [0.4, 0.5) is 0 Å². The Bertz CT molecular complexity index is 435. The minimum atomic E-state index is 0.429. The van der Waals surface area contributed by atoms with E-state index in [0.717, 1.165) is 0 Å². The lowest BCUT2D eigenvalue weighted by Crippen LogP contribution is -2.40. The van der Waals surface area contributed by atoms with Gasteiger partial charge in [0.1, 0.15) is 0 Å². The summed E-state index contributed by atoms with van der Waals surface area (Å²) in [5.41, 5.74) is 11.8. The Morgan fingerprint density at radius 3 is 2.05 bits per heavy atom. The van der Waals surface area contributed by atoms with E-state index in [0.29, 0.717) is 18.1 Å². The predicted octanol–water partition coefficient (Wildman–Crippen LogP) is 3.87. The molecule has 0 heterocycles. The average molecular weight is 274 g/mol. The fourth-order valence-electron chi connectivity index (χ4n) is 3.88. The second-order valence-electron chi connectivity index (χ2n) is 6.72. The van der Waals surface area contributed by atoms with E-state index in [2.05, 4.69) is 51.8 Å². The van der Waals surface area contributed by atoms with Crippen LogP contribution in [0, 0.1) is 20.8 Å². The molecule has 1 atom stereocenters. The molecule has 1 saturated carbocycles. The topological polar surface area (TPSA) is 29.3 Å². The van der Waals surface area contributed by atoms with Gasteiger partial charge in [-0.05, 0) is 77.1 Å². The van der Waals surface area contributed by atoms with Crippen molar-refractivity contribution in [1.82, 2.24) is 4.90 Å². The first-order valence-corrected chi connectivity index (χ1v) is 7.95. The SMILES string of the molecule is Cc1cc(C)c(C(C)N(C)C2CCC(N)CC2)c(C)c1. The van der Waals surface area contributed by atoms with Gasteiger partial charge in [-0.2, -0.15) is 0 Å². The van der Waals surface area contributed by atoms with Crippen molar-refractivity contribution in [2.45, 2.75) is 71.5 Å². The normalized spacial score (nSPS) is 24.9. The van der Waals surface area contributed by atoms with Crippen molar-refractivity contribution >= 4 is 0 Å². The molecule has 0 aliphatic heterocycles. The molecule has 112 valence electrons. The first-order valence-electron chi connectivity index (χ1n) is 7.95. The average Bonchev–Trinajstić information content (AvgIpc) is 2.37. The van der Waals surface area contributed by atoms with E-state index in [1.807, 2.05) is 0 Å². The molecule has 2 heteroatoms. The largest absolute Gasteiger partial charge is 0.328 e. The van der Waals surface area contributed by atoms with Crippen LogP contribution < -0.4 is 5.73 Å². The molecule has 20 heavy (non-hydrogen) atoms. The zero-order valence-corrected chi connectivity index (χ0v) is 13.7. The molecule has 1 fully saturated rings. The zero-order valence-electron chi connectivity index (χ0n) is 13.7. The molecule has 0 bridgehead atoms.